The van der Waals surface area contributed by atoms with Crippen molar-refractivity contribution in [1.82, 2.24) is 19.8 Å². The van der Waals surface area contributed by atoms with Gasteiger partial charge < -0.3 is 24.3 Å². The van der Waals surface area contributed by atoms with E-state index >= 15 is 0 Å². The maximum absolute atomic E-state index is 14.7. The van der Waals surface area contributed by atoms with Crippen molar-refractivity contribution < 1.29 is 13.9 Å². The van der Waals surface area contributed by atoms with Crippen LogP contribution in [0.2, 0.25) is 0 Å². The highest BCUT2D eigenvalue weighted by molar-refractivity contribution is 7.99. The number of nitrogens with zero attached hydrogens (tertiary/aromatic N) is 7. The summed E-state index contributed by atoms with van der Waals surface area (Å²) in [6.45, 7) is 8.18. The van der Waals surface area contributed by atoms with Crippen LogP contribution in [0.5, 0.6) is 6.01 Å². The maximum Gasteiger partial charge on any atom is 0.318 e. The summed E-state index contributed by atoms with van der Waals surface area (Å²) >= 11 is 1.75. The SMILES string of the molecule is C=CC(=O)N1CCN(c2nc(OC[C@@H]3CCCN3C)nc3c2CCN(c2ccc(F)c4c2SCCC4)C3)C[C@@H]1CC#N. The molecule has 11 heteroatoms. The molecule has 0 unspecified atom stereocenters. The normalized spacial score (nSPS) is 22.4. The summed E-state index contributed by atoms with van der Waals surface area (Å²) in [5, 5.41) is 9.51. The fraction of sp³-hybridized carbons (Fsp3) is 0.548. The Morgan fingerprint density at radius 1 is 1.17 bits per heavy atom. The first-order chi connectivity index (χ1) is 20.5. The Hall–Kier alpha value is -3.36. The lowest BCUT2D eigenvalue weighted by Gasteiger charge is -2.42. The van der Waals surface area contributed by atoms with Crippen molar-refractivity contribution in [3.63, 3.8) is 0 Å². The average molecular weight is 592 g/mol. The largest absolute Gasteiger partial charge is 0.462 e. The third kappa shape index (κ3) is 5.66. The summed E-state index contributed by atoms with van der Waals surface area (Å²) in [5.74, 6) is 1.56. The molecule has 1 amide bonds. The number of anilines is 2. The van der Waals surface area contributed by atoms with E-state index in [9.17, 15) is 14.4 Å². The highest BCUT2D eigenvalue weighted by Gasteiger charge is 2.34. The molecule has 0 saturated carbocycles. The van der Waals surface area contributed by atoms with E-state index in [-0.39, 0.29) is 24.2 Å². The van der Waals surface area contributed by atoms with Crippen LogP contribution < -0.4 is 14.5 Å². The van der Waals surface area contributed by atoms with E-state index in [1.807, 2.05) is 6.07 Å². The highest BCUT2D eigenvalue weighted by atomic mass is 32.2. The molecule has 0 radical (unpaired) electrons. The quantitative estimate of drug-likeness (QED) is 0.446. The van der Waals surface area contributed by atoms with Gasteiger partial charge in [0.05, 0.1) is 36.5 Å². The Labute approximate surface area is 251 Å². The summed E-state index contributed by atoms with van der Waals surface area (Å²) in [6.07, 6.45) is 6.31. The molecule has 4 aliphatic rings. The average Bonchev–Trinajstić information content (AvgIpc) is 3.43. The molecule has 0 aliphatic carbocycles. The number of benzene rings is 1. The highest BCUT2D eigenvalue weighted by Crippen LogP contribution is 2.41. The standard InChI is InChI=1S/C31H38FN7O2S/c1-3-28(40)39-16-15-38(18-21(39)10-12-33)30-24-11-14-37(27-9-8-25(32)23-7-5-17-42-29(23)27)19-26(24)34-31(35-30)41-20-22-6-4-13-36(22)2/h3,8-9,21-22H,1,4-7,10-11,13-20H2,2H3/t21-,22-/m0/s1. The number of ether oxygens (including phenoxy) is 1. The van der Waals surface area contributed by atoms with Gasteiger partial charge >= 0.3 is 6.01 Å². The number of hydrogen-bond donors (Lipinski definition) is 0. The predicted octanol–water partition coefficient (Wildman–Crippen LogP) is 3.81. The molecule has 0 bridgehead atoms. The lowest BCUT2D eigenvalue weighted by Crippen LogP contribution is -2.55. The molecule has 1 aromatic heterocycles. The fourth-order valence-electron chi connectivity index (χ4n) is 6.67. The van der Waals surface area contributed by atoms with Crippen LogP contribution in [0.4, 0.5) is 15.9 Å². The zero-order valence-electron chi connectivity index (χ0n) is 24.2. The van der Waals surface area contributed by atoms with Crippen LogP contribution in [0.15, 0.2) is 29.7 Å². The first-order valence-corrected chi connectivity index (χ1v) is 15.9. The van der Waals surface area contributed by atoms with Crippen molar-refractivity contribution >= 4 is 29.2 Å². The summed E-state index contributed by atoms with van der Waals surface area (Å²) in [7, 11) is 2.12. The number of thioether (sulfide) groups is 1. The minimum atomic E-state index is -0.251. The minimum Gasteiger partial charge on any atom is -0.462 e. The number of rotatable bonds is 7. The van der Waals surface area contributed by atoms with E-state index in [1.165, 1.54) is 6.08 Å². The molecule has 4 aliphatic heterocycles. The molecule has 5 heterocycles. The zero-order chi connectivity index (χ0) is 29.2. The molecular formula is C31H38FN7O2S. The van der Waals surface area contributed by atoms with E-state index in [0.29, 0.717) is 44.8 Å². The number of fused-ring (bicyclic) bond motifs is 2. The van der Waals surface area contributed by atoms with Crippen molar-refractivity contribution in [3.05, 3.63) is 47.4 Å². The van der Waals surface area contributed by atoms with Crippen molar-refractivity contribution in [3.8, 4) is 12.1 Å². The first-order valence-electron chi connectivity index (χ1n) is 14.9. The zero-order valence-corrected chi connectivity index (χ0v) is 25.0. The molecular weight excluding hydrogens is 553 g/mol. The van der Waals surface area contributed by atoms with Gasteiger partial charge in [0, 0.05) is 48.2 Å². The number of aromatic nitrogens is 2. The van der Waals surface area contributed by atoms with Crippen molar-refractivity contribution in [2.24, 2.45) is 0 Å². The van der Waals surface area contributed by atoms with E-state index in [2.05, 4.69) is 34.4 Å². The van der Waals surface area contributed by atoms with E-state index < -0.39 is 0 Å². The number of halogens is 1. The van der Waals surface area contributed by atoms with Crippen LogP contribution in [0.25, 0.3) is 0 Å². The minimum absolute atomic E-state index is 0.114. The van der Waals surface area contributed by atoms with Crippen molar-refractivity contribution in [2.75, 3.05) is 61.9 Å². The van der Waals surface area contributed by atoms with Gasteiger partial charge in [0.15, 0.2) is 0 Å². The second kappa shape index (κ2) is 12.5. The molecule has 6 rings (SSSR count). The van der Waals surface area contributed by atoms with Gasteiger partial charge in [-0.15, -0.1) is 11.8 Å². The molecule has 2 fully saturated rings. The van der Waals surface area contributed by atoms with Crippen LogP contribution in [0, 0.1) is 17.1 Å². The lowest BCUT2D eigenvalue weighted by atomic mass is 10.0. The molecule has 9 nitrogen and oxygen atoms in total. The topological polar surface area (TPSA) is 88.8 Å². The summed E-state index contributed by atoms with van der Waals surface area (Å²) in [5.41, 5.74) is 3.90. The van der Waals surface area contributed by atoms with E-state index in [4.69, 9.17) is 14.7 Å². The Bertz CT molecular complexity index is 1400. The van der Waals surface area contributed by atoms with E-state index in [0.717, 1.165) is 84.2 Å². The van der Waals surface area contributed by atoms with Crippen LogP contribution >= 0.6 is 11.8 Å². The maximum atomic E-state index is 14.7. The smallest absolute Gasteiger partial charge is 0.318 e. The number of likely N-dealkylation sites (tertiary alicyclic amines) is 1. The Morgan fingerprint density at radius 2 is 2.05 bits per heavy atom. The lowest BCUT2D eigenvalue weighted by molar-refractivity contribution is -0.128. The van der Waals surface area contributed by atoms with Gasteiger partial charge in [-0.2, -0.15) is 15.2 Å². The van der Waals surface area contributed by atoms with Gasteiger partial charge in [-0.1, -0.05) is 6.58 Å². The van der Waals surface area contributed by atoms with Gasteiger partial charge in [0.25, 0.3) is 0 Å². The van der Waals surface area contributed by atoms with Crippen molar-refractivity contribution in [1.29, 1.82) is 5.26 Å². The summed E-state index contributed by atoms with van der Waals surface area (Å²) in [4.78, 5) is 32.0. The van der Waals surface area contributed by atoms with Gasteiger partial charge in [-0.05, 0) is 69.7 Å². The number of hydrogen-bond acceptors (Lipinski definition) is 9. The third-order valence-electron chi connectivity index (χ3n) is 9.01. The first kappa shape index (κ1) is 28.7. The molecule has 2 saturated heterocycles. The van der Waals surface area contributed by atoms with Gasteiger partial charge in [-0.3, -0.25) is 4.79 Å². The molecule has 1 aromatic carbocycles. The van der Waals surface area contributed by atoms with E-state index in [1.54, 1.807) is 22.7 Å². The van der Waals surface area contributed by atoms with Gasteiger partial charge in [0.1, 0.15) is 18.2 Å². The molecule has 2 atom stereocenters. The second-order valence-electron chi connectivity index (χ2n) is 11.5. The Morgan fingerprint density at radius 3 is 2.83 bits per heavy atom. The third-order valence-corrected chi connectivity index (χ3v) is 10.2. The second-order valence-corrected chi connectivity index (χ2v) is 12.6. The van der Waals surface area contributed by atoms with Crippen LogP contribution in [-0.4, -0.2) is 89.9 Å². The number of carbonyl (C=O) groups excluding carboxylic acids is 1. The molecule has 2 aromatic rings. The Balaban J connectivity index is 1.32. The number of nitriles is 1. The number of carbonyl (C=O) groups is 1. The molecule has 0 N–H and O–H groups in total. The summed E-state index contributed by atoms with van der Waals surface area (Å²) < 4.78 is 20.9. The molecule has 222 valence electrons. The number of piperazine rings is 1. The summed E-state index contributed by atoms with van der Waals surface area (Å²) in [6, 6.07) is 6.21. The van der Waals surface area contributed by atoms with Gasteiger partial charge in [-0.25, -0.2) is 4.39 Å². The van der Waals surface area contributed by atoms with Crippen LogP contribution in [0.1, 0.15) is 42.5 Å². The van der Waals surface area contributed by atoms with Crippen LogP contribution in [0.3, 0.4) is 0 Å². The van der Waals surface area contributed by atoms with Gasteiger partial charge in [0.2, 0.25) is 5.91 Å². The molecule has 0 spiro atoms. The number of likely N-dealkylation sites (N-methyl/N-ethyl adjacent to an activating group) is 1. The fourth-order valence-corrected chi connectivity index (χ4v) is 7.89. The monoisotopic (exact) mass is 591 g/mol. The number of amides is 1. The molecule has 42 heavy (non-hydrogen) atoms. The predicted molar refractivity (Wildman–Crippen MR) is 162 cm³/mol. The van der Waals surface area contributed by atoms with Crippen molar-refractivity contribution in [2.45, 2.75) is 62.0 Å². The Kier molecular flexibility index (Phi) is 8.54. The van der Waals surface area contributed by atoms with Crippen LogP contribution in [-0.2, 0) is 24.2 Å².